The molecular formula is C28H34N2O5. The summed E-state index contributed by atoms with van der Waals surface area (Å²) in [5.41, 5.74) is 3.45. The van der Waals surface area contributed by atoms with Crippen molar-refractivity contribution >= 4 is 17.4 Å². The van der Waals surface area contributed by atoms with Crippen molar-refractivity contribution in [3.05, 3.63) is 70.3 Å². The number of hydrogen-bond donors (Lipinski definition) is 1. The number of amides is 1. The predicted molar refractivity (Wildman–Crippen MR) is 134 cm³/mol. The average Bonchev–Trinajstić information content (AvgIpc) is 3.14. The lowest BCUT2D eigenvalue weighted by molar-refractivity contribution is -0.140. The van der Waals surface area contributed by atoms with Crippen molar-refractivity contribution < 1.29 is 24.2 Å². The largest absolute Gasteiger partial charge is 0.507 e. The van der Waals surface area contributed by atoms with Crippen LogP contribution in [0.2, 0.25) is 0 Å². The van der Waals surface area contributed by atoms with Crippen molar-refractivity contribution in [2.24, 2.45) is 0 Å². The predicted octanol–water partition coefficient (Wildman–Crippen LogP) is 3.71. The Kier molecular flexibility index (Phi) is 7.88. The highest BCUT2D eigenvalue weighted by Crippen LogP contribution is 2.40. The maximum atomic E-state index is 13.2. The summed E-state index contributed by atoms with van der Waals surface area (Å²) in [4.78, 5) is 30.4. The van der Waals surface area contributed by atoms with Crippen LogP contribution in [-0.4, -0.2) is 73.1 Å². The summed E-state index contributed by atoms with van der Waals surface area (Å²) in [5, 5.41) is 11.3. The molecule has 186 valence electrons. The van der Waals surface area contributed by atoms with Gasteiger partial charge >= 0.3 is 0 Å². The van der Waals surface area contributed by atoms with Crippen molar-refractivity contribution in [1.82, 2.24) is 9.80 Å². The fraction of sp³-hybridized carbons (Fsp3) is 0.429. The number of likely N-dealkylation sites (tertiary alicyclic amines) is 1. The Labute approximate surface area is 206 Å². The number of aliphatic hydroxyl groups excluding tert-OH is 1. The minimum atomic E-state index is -0.646. The van der Waals surface area contributed by atoms with E-state index < -0.39 is 17.7 Å². The van der Waals surface area contributed by atoms with Gasteiger partial charge in [-0.15, -0.1) is 0 Å². The minimum absolute atomic E-state index is 0.134. The zero-order chi connectivity index (χ0) is 24.9. The van der Waals surface area contributed by atoms with E-state index in [4.69, 9.17) is 9.47 Å². The topological polar surface area (TPSA) is 79.3 Å². The number of ketones is 1. The normalized spacial score (nSPS) is 20.4. The number of rotatable bonds is 8. The monoisotopic (exact) mass is 478 g/mol. The van der Waals surface area contributed by atoms with E-state index in [9.17, 15) is 14.7 Å². The lowest BCUT2D eigenvalue weighted by atomic mass is 9.94. The first kappa shape index (κ1) is 24.9. The van der Waals surface area contributed by atoms with Gasteiger partial charge in [0, 0.05) is 31.7 Å². The van der Waals surface area contributed by atoms with Gasteiger partial charge in [0.2, 0.25) is 0 Å². The van der Waals surface area contributed by atoms with Gasteiger partial charge in [-0.2, -0.15) is 0 Å². The van der Waals surface area contributed by atoms with Crippen LogP contribution in [0.25, 0.3) is 5.76 Å². The van der Waals surface area contributed by atoms with Gasteiger partial charge in [0.25, 0.3) is 11.7 Å². The van der Waals surface area contributed by atoms with Gasteiger partial charge in [0.15, 0.2) is 0 Å². The number of carbonyl (C=O) groups excluding carboxylic acids is 2. The highest BCUT2D eigenvalue weighted by atomic mass is 16.5. The molecule has 2 aliphatic heterocycles. The van der Waals surface area contributed by atoms with Crippen LogP contribution in [0.15, 0.2) is 48.0 Å². The van der Waals surface area contributed by atoms with Crippen molar-refractivity contribution in [3.63, 3.8) is 0 Å². The van der Waals surface area contributed by atoms with Gasteiger partial charge in [-0.05, 0) is 54.7 Å². The maximum Gasteiger partial charge on any atom is 0.295 e. The Hall–Kier alpha value is -3.16. The molecule has 35 heavy (non-hydrogen) atoms. The fourth-order valence-corrected chi connectivity index (χ4v) is 4.86. The third-order valence-corrected chi connectivity index (χ3v) is 6.89. The van der Waals surface area contributed by atoms with Crippen LogP contribution >= 0.6 is 0 Å². The van der Waals surface area contributed by atoms with Gasteiger partial charge in [0.1, 0.15) is 11.5 Å². The number of ether oxygens (including phenoxy) is 2. The molecule has 0 aliphatic carbocycles. The summed E-state index contributed by atoms with van der Waals surface area (Å²) in [7, 11) is 1.59. The fourth-order valence-electron chi connectivity index (χ4n) is 4.86. The van der Waals surface area contributed by atoms with Crippen molar-refractivity contribution in [3.8, 4) is 5.75 Å². The molecule has 1 amide bonds. The molecule has 7 heteroatoms. The lowest BCUT2D eigenvalue weighted by Gasteiger charge is -2.29. The first-order chi connectivity index (χ1) is 16.9. The zero-order valence-corrected chi connectivity index (χ0v) is 20.8. The molecule has 1 atom stereocenters. The van der Waals surface area contributed by atoms with E-state index in [1.165, 1.54) is 5.56 Å². The van der Waals surface area contributed by atoms with Crippen molar-refractivity contribution in [2.45, 2.75) is 32.7 Å². The van der Waals surface area contributed by atoms with Crippen LogP contribution in [0.1, 0.15) is 41.6 Å². The lowest BCUT2D eigenvalue weighted by Crippen LogP contribution is -2.38. The third-order valence-electron chi connectivity index (χ3n) is 6.89. The molecule has 0 unspecified atom stereocenters. The number of nitrogens with zero attached hydrogens (tertiary/aromatic N) is 2. The summed E-state index contributed by atoms with van der Waals surface area (Å²) in [6, 6.07) is 12.6. The Morgan fingerprint density at radius 2 is 1.80 bits per heavy atom. The molecule has 0 aromatic heterocycles. The molecule has 0 spiro atoms. The van der Waals surface area contributed by atoms with E-state index in [-0.39, 0.29) is 11.3 Å². The SMILES string of the molecule is CCc1ccc([C@@H]2C(=C(O)c3ccc(OC)c(C)c3)C(=O)C(=O)N2CCCN2CCOCC2)cc1. The molecule has 0 bridgehead atoms. The molecule has 0 radical (unpaired) electrons. The van der Waals surface area contributed by atoms with Gasteiger partial charge in [-0.25, -0.2) is 0 Å². The molecule has 2 fully saturated rings. The molecule has 4 rings (SSSR count). The van der Waals surface area contributed by atoms with Crippen molar-refractivity contribution in [2.75, 3.05) is 46.5 Å². The molecule has 7 nitrogen and oxygen atoms in total. The summed E-state index contributed by atoms with van der Waals surface area (Å²) < 4.78 is 10.7. The molecule has 0 saturated carbocycles. The average molecular weight is 479 g/mol. The molecule has 2 aromatic rings. The highest BCUT2D eigenvalue weighted by Gasteiger charge is 2.45. The molecule has 2 saturated heterocycles. The van der Waals surface area contributed by atoms with E-state index in [1.54, 1.807) is 30.2 Å². The second-order valence-electron chi connectivity index (χ2n) is 9.08. The Morgan fingerprint density at radius 3 is 2.43 bits per heavy atom. The number of hydrogen-bond acceptors (Lipinski definition) is 6. The number of morpholine rings is 1. The van der Waals surface area contributed by atoms with Crippen molar-refractivity contribution in [1.29, 1.82) is 0 Å². The van der Waals surface area contributed by atoms with Crippen LogP contribution in [0, 0.1) is 6.92 Å². The second kappa shape index (κ2) is 11.1. The minimum Gasteiger partial charge on any atom is -0.507 e. The summed E-state index contributed by atoms with van der Waals surface area (Å²) in [6.07, 6.45) is 1.63. The maximum absolute atomic E-state index is 13.2. The molecule has 2 aliphatic rings. The van der Waals surface area contributed by atoms with Gasteiger partial charge < -0.3 is 19.5 Å². The smallest absolute Gasteiger partial charge is 0.295 e. The molecule has 2 aromatic carbocycles. The van der Waals surface area contributed by atoms with E-state index in [0.717, 1.165) is 56.8 Å². The Morgan fingerprint density at radius 1 is 1.09 bits per heavy atom. The Balaban J connectivity index is 1.69. The number of Topliss-reactive ketones (excluding diaryl/α,β-unsaturated/α-hetero) is 1. The van der Waals surface area contributed by atoms with Crippen LogP contribution in [-0.2, 0) is 20.7 Å². The van der Waals surface area contributed by atoms with E-state index in [0.29, 0.717) is 17.9 Å². The summed E-state index contributed by atoms with van der Waals surface area (Å²) >= 11 is 0. The third kappa shape index (κ3) is 5.26. The number of aliphatic hydroxyl groups is 1. The molecule has 2 heterocycles. The summed E-state index contributed by atoms with van der Waals surface area (Å²) in [6.45, 7) is 8.39. The van der Waals surface area contributed by atoms with Gasteiger partial charge in [-0.1, -0.05) is 31.2 Å². The van der Waals surface area contributed by atoms with Gasteiger partial charge in [0.05, 0.1) is 31.9 Å². The first-order valence-corrected chi connectivity index (χ1v) is 12.3. The molecular weight excluding hydrogens is 444 g/mol. The van der Waals surface area contributed by atoms with E-state index in [2.05, 4.69) is 11.8 Å². The van der Waals surface area contributed by atoms with Gasteiger partial charge in [-0.3, -0.25) is 14.5 Å². The highest BCUT2D eigenvalue weighted by molar-refractivity contribution is 6.46. The zero-order valence-electron chi connectivity index (χ0n) is 20.8. The number of aryl methyl sites for hydroxylation is 2. The standard InChI is InChI=1S/C28H34N2O5/c1-4-20-6-8-21(9-7-20)25-24(26(31)22-10-11-23(34-3)19(2)18-22)27(32)28(33)30(25)13-5-12-29-14-16-35-17-15-29/h6-11,18,25,31H,4-5,12-17H2,1-3H3/t25-/m1/s1. The summed E-state index contributed by atoms with van der Waals surface area (Å²) in [5.74, 6) is -0.679. The van der Waals surface area contributed by atoms with Crippen LogP contribution in [0.5, 0.6) is 5.75 Å². The quantitative estimate of drug-likeness (QED) is 0.354. The van der Waals surface area contributed by atoms with Crippen LogP contribution in [0.4, 0.5) is 0 Å². The second-order valence-corrected chi connectivity index (χ2v) is 9.08. The first-order valence-electron chi connectivity index (χ1n) is 12.3. The molecule has 1 N–H and O–H groups in total. The van der Waals surface area contributed by atoms with Crippen LogP contribution in [0.3, 0.4) is 0 Å². The number of methoxy groups -OCH3 is 1. The van der Waals surface area contributed by atoms with E-state index >= 15 is 0 Å². The Bertz CT molecular complexity index is 1100. The number of benzene rings is 2. The van der Waals surface area contributed by atoms with E-state index in [1.807, 2.05) is 31.2 Å². The van der Waals surface area contributed by atoms with Crippen LogP contribution < -0.4 is 4.74 Å². The number of carbonyl (C=O) groups is 2.